The first-order valence-corrected chi connectivity index (χ1v) is 6.78. The molecule has 0 saturated carbocycles. The second-order valence-electron chi connectivity index (χ2n) is 4.36. The molecule has 0 aromatic heterocycles. The summed E-state index contributed by atoms with van der Waals surface area (Å²) in [5.74, 6) is -0.374. The van der Waals surface area contributed by atoms with E-state index in [1.54, 1.807) is 12.1 Å². The molecule has 102 valence electrons. The van der Waals surface area contributed by atoms with Crippen LogP contribution in [0.5, 0.6) is 0 Å². The lowest BCUT2D eigenvalue weighted by molar-refractivity contribution is 0.0377. The minimum absolute atomic E-state index is 0.0293. The van der Waals surface area contributed by atoms with Gasteiger partial charge in [0, 0.05) is 12.6 Å². The highest BCUT2D eigenvalue weighted by molar-refractivity contribution is 6.30. The van der Waals surface area contributed by atoms with Crippen molar-refractivity contribution >= 4 is 11.6 Å². The minimum Gasteiger partial charge on any atom is -0.377 e. The summed E-state index contributed by atoms with van der Waals surface area (Å²) in [6.07, 6.45) is 2.29. The van der Waals surface area contributed by atoms with Crippen LogP contribution in [0.4, 0.5) is 4.39 Å². The summed E-state index contributed by atoms with van der Waals surface area (Å²) in [6, 6.07) is 4.79. The fraction of sp³-hybridized carbons (Fsp3) is 0.571. The Bertz CT molecular complexity index is 367. The van der Waals surface area contributed by atoms with E-state index in [-0.39, 0.29) is 23.0 Å². The van der Waals surface area contributed by atoms with E-state index >= 15 is 0 Å². The maximum Gasteiger partial charge on any atom is 0.145 e. The molecule has 0 heterocycles. The maximum absolute atomic E-state index is 13.8. The molecule has 0 saturated heterocycles. The predicted molar refractivity (Wildman–Crippen MR) is 73.4 cm³/mol. The van der Waals surface area contributed by atoms with Crippen LogP contribution < -0.4 is 5.73 Å². The number of benzene rings is 1. The van der Waals surface area contributed by atoms with Crippen LogP contribution in [0.1, 0.15) is 32.3 Å². The molecular weight excluding hydrogens is 253 g/mol. The van der Waals surface area contributed by atoms with E-state index in [0.29, 0.717) is 18.6 Å². The average Bonchev–Trinajstić information content (AvgIpc) is 2.34. The van der Waals surface area contributed by atoms with Crippen LogP contribution >= 0.6 is 11.6 Å². The van der Waals surface area contributed by atoms with Crippen LogP contribution in [0, 0.1) is 5.82 Å². The molecule has 0 aliphatic carbocycles. The molecule has 1 aromatic rings. The Morgan fingerprint density at radius 1 is 1.39 bits per heavy atom. The molecule has 2 unspecified atom stereocenters. The predicted octanol–water partition coefficient (Wildman–Crippen LogP) is 3.55. The Morgan fingerprint density at radius 3 is 2.72 bits per heavy atom. The molecule has 0 amide bonds. The molecule has 1 aromatic carbocycles. The topological polar surface area (TPSA) is 35.2 Å². The second-order valence-corrected chi connectivity index (χ2v) is 4.77. The Morgan fingerprint density at radius 2 is 2.11 bits per heavy atom. The highest BCUT2D eigenvalue weighted by Crippen LogP contribution is 2.20. The average molecular weight is 274 g/mol. The second kappa shape index (κ2) is 7.72. The Labute approximate surface area is 113 Å². The van der Waals surface area contributed by atoms with Crippen molar-refractivity contribution in [2.45, 2.75) is 45.3 Å². The lowest BCUT2D eigenvalue weighted by Gasteiger charge is -2.23. The fourth-order valence-electron chi connectivity index (χ4n) is 2.01. The van der Waals surface area contributed by atoms with Gasteiger partial charge in [0.15, 0.2) is 0 Å². The standard InChI is InChI=1S/C14H21ClFNO/c1-3-6-13(18-4-2)12(17)9-10-7-5-8-11(15)14(10)16/h5,7-8,12-13H,3-4,6,9,17H2,1-2H3. The van der Waals surface area contributed by atoms with Crippen LogP contribution in [0.3, 0.4) is 0 Å². The van der Waals surface area contributed by atoms with Crippen molar-refractivity contribution in [3.63, 3.8) is 0 Å². The molecule has 0 radical (unpaired) electrons. The summed E-state index contributed by atoms with van der Waals surface area (Å²) < 4.78 is 19.4. The van der Waals surface area contributed by atoms with Crippen molar-refractivity contribution in [2.75, 3.05) is 6.61 Å². The highest BCUT2D eigenvalue weighted by atomic mass is 35.5. The molecule has 2 nitrogen and oxygen atoms in total. The summed E-state index contributed by atoms with van der Waals surface area (Å²) in [5.41, 5.74) is 6.66. The largest absolute Gasteiger partial charge is 0.377 e. The molecule has 2 atom stereocenters. The lowest BCUT2D eigenvalue weighted by Crippen LogP contribution is -2.38. The van der Waals surface area contributed by atoms with Gasteiger partial charge in [-0.3, -0.25) is 0 Å². The molecule has 2 N–H and O–H groups in total. The zero-order valence-electron chi connectivity index (χ0n) is 11.0. The zero-order valence-corrected chi connectivity index (χ0v) is 11.7. The first kappa shape index (κ1) is 15.4. The third-order valence-corrected chi connectivity index (χ3v) is 3.21. The number of hydrogen-bond donors (Lipinski definition) is 1. The summed E-state index contributed by atoms with van der Waals surface area (Å²) in [6.45, 7) is 4.64. The van der Waals surface area contributed by atoms with E-state index in [9.17, 15) is 4.39 Å². The number of rotatable bonds is 7. The summed E-state index contributed by atoms with van der Waals surface area (Å²) in [7, 11) is 0. The van der Waals surface area contributed by atoms with Crippen molar-refractivity contribution in [3.05, 3.63) is 34.6 Å². The maximum atomic E-state index is 13.8. The molecule has 0 fully saturated rings. The van der Waals surface area contributed by atoms with E-state index < -0.39 is 0 Å². The minimum atomic E-state index is -0.374. The van der Waals surface area contributed by atoms with Gasteiger partial charge in [0.1, 0.15) is 5.82 Å². The van der Waals surface area contributed by atoms with E-state index in [0.717, 1.165) is 12.8 Å². The van der Waals surface area contributed by atoms with Gasteiger partial charge in [-0.1, -0.05) is 37.1 Å². The van der Waals surface area contributed by atoms with Crippen LogP contribution in [0.15, 0.2) is 18.2 Å². The van der Waals surface area contributed by atoms with Crippen molar-refractivity contribution in [1.29, 1.82) is 0 Å². The molecule has 18 heavy (non-hydrogen) atoms. The molecule has 4 heteroatoms. The normalized spacial score (nSPS) is 14.5. The quantitative estimate of drug-likeness (QED) is 0.824. The third-order valence-electron chi connectivity index (χ3n) is 2.92. The van der Waals surface area contributed by atoms with E-state index in [1.807, 2.05) is 6.92 Å². The van der Waals surface area contributed by atoms with Crippen molar-refractivity contribution in [2.24, 2.45) is 5.73 Å². The van der Waals surface area contributed by atoms with Crippen LogP contribution in [-0.2, 0) is 11.2 Å². The Hall–Kier alpha value is -0.640. The fourth-order valence-corrected chi connectivity index (χ4v) is 2.21. The number of nitrogens with two attached hydrogens (primary N) is 1. The first-order chi connectivity index (χ1) is 8.60. The Balaban J connectivity index is 2.72. The molecule has 0 aliphatic heterocycles. The highest BCUT2D eigenvalue weighted by Gasteiger charge is 2.19. The van der Waals surface area contributed by atoms with Gasteiger partial charge in [-0.05, 0) is 31.4 Å². The SMILES string of the molecule is CCCC(OCC)C(N)Cc1cccc(Cl)c1F. The Kier molecular flexibility index (Phi) is 6.61. The van der Waals surface area contributed by atoms with Crippen LogP contribution in [0.2, 0.25) is 5.02 Å². The number of ether oxygens (including phenoxy) is 1. The van der Waals surface area contributed by atoms with Crippen molar-refractivity contribution in [3.8, 4) is 0 Å². The van der Waals surface area contributed by atoms with Gasteiger partial charge in [0.05, 0.1) is 11.1 Å². The molecule has 0 aliphatic rings. The summed E-state index contributed by atoms with van der Waals surface area (Å²) in [5, 5.41) is 0.142. The van der Waals surface area contributed by atoms with Gasteiger partial charge in [-0.2, -0.15) is 0 Å². The van der Waals surface area contributed by atoms with E-state index in [1.165, 1.54) is 6.07 Å². The third kappa shape index (κ3) is 4.23. The van der Waals surface area contributed by atoms with E-state index in [2.05, 4.69) is 6.92 Å². The van der Waals surface area contributed by atoms with Gasteiger partial charge < -0.3 is 10.5 Å². The summed E-state index contributed by atoms with van der Waals surface area (Å²) in [4.78, 5) is 0. The molecule has 1 rings (SSSR count). The van der Waals surface area contributed by atoms with Crippen molar-refractivity contribution < 1.29 is 9.13 Å². The van der Waals surface area contributed by atoms with Gasteiger partial charge in [-0.15, -0.1) is 0 Å². The van der Waals surface area contributed by atoms with Crippen LogP contribution in [0.25, 0.3) is 0 Å². The lowest BCUT2D eigenvalue weighted by atomic mass is 9.99. The first-order valence-electron chi connectivity index (χ1n) is 6.40. The smallest absolute Gasteiger partial charge is 0.145 e. The summed E-state index contributed by atoms with van der Waals surface area (Å²) >= 11 is 5.75. The van der Waals surface area contributed by atoms with Gasteiger partial charge >= 0.3 is 0 Å². The van der Waals surface area contributed by atoms with Gasteiger partial charge in [0.25, 0.3) is 0 Å². The monoisotopic (exact) mass is 273 g/mol. The van der Waals surface area contributed by atoms with Crippen molar-refractivity contribution in [1.82, 2.24) is 0 Å². The molecular formula is C14H21ClFNO. The van der Waals surface area contributed by atoms with Gasteiger partial charge in [0.2, 0.25) is 0 Å². The number of hydrogen-bond acceptors (Lipinski definition) is 2. The van der Waals surface area contributed by atoms with Gasteiger partial charge in [-0.25, -0.2) is 4.39 Å². The van der Waals surface area contributed by atoms with Crippen LogP contribution in [-0.4, -0.2) is 18.8 Å². The number of halogens is 2. The molecule has 0 spiro atoms. The zero-order chi connectivity index (χ0) is 13.5. The molecule has 0 bridgehead atoms. The van der Waals surface area contributed by atoms with E-state index in [4.69, 9.17) is 22.1 Å².